The Morgan fingerprint density at radius 2 is 0.969 bits per heavy atom. The first-order chi connectivity index (χ1) is 15.3. The van der Waals surface area contributed by atoms with Gasteiger partial charge in [-0.25, -0.2) is 0 Å². The van der Waals surface area contributed by atoms with Crippen LogP contribution in [-0.2, 0) is 28.4 Å². The van der Waals surface area contributed by atoms with Gasteiger partial charge in [-0.15, -0.1) is 0 Å². The highest BCUT2D eigenvalue weighted by Crippen LogP contribution is 2.20. The van der Waals surface area contributed by atoms with Crippen LogP contribution in [0, 0.1) is 0 Å². The molecule has 0 amide bonds. The first-order valence-electron chi connectivity index (χ1n) is 11.2. The topological polar surface area (TPSA) is 55.4 Å². The highest BCUT2D eigenvalue weighted by atomic mass is 16.6. The van der Waals surface area contributed by atoms with Crippen molar-refractivity contribution in [3.63, 3.8) is 0 Å². The molecule has 182 valence electrons. The molecule has 4 atom stereocenters. The number of ether oxygens (including phenoxy) is 6. The van der Waals surface area contributed by atoms with Gasteiger partial charge in [-0.3, -0.25) is 0 Å². The van der Waals surface area contributed by atoms with Crippen LogP contribution in [0.1, 0.15) is 52.7 Å². The average molecular weight is 451 g/mol. The lowest BCUT2D eigenvalue weighted by molar-refractivity contribution is -0.0302. The van der Waals surface area contributed by atoms with Gasteiger partial charge in [0.05, 0.1) is 51.2 Å². The molecule has 1 aromatic rings. The van der Waals surface area contributed by atoms with Gasteiger partial charge in [0.25, 0.3) is 0 Å². The van der Waals surface area contributed by atoms with Gasteiger partial charge in [0, 0.05) is 14.2 Å². The van der Waals surface area contributed by atoms with Crippen molar-refractivity contribution in [2.45, 2.75) is 66.0 Å². The molecule has 0 aliphatic heterocycles. The molecule has 4 unspecified atom stereocenters. The second-order valence-corrected chi connectivity index (χ2v) is 8.27. The quantitative estimate of drug-likeness (QED) is 0.318. The summed E-state index contributed by atoms with van der Waals surface area (Å²) < 4.78 is 33.1. The van der Waals surface area contributed by atoms with E-state index in [2.05, 4.69) is 24.3 Å². The minimum atomic E-state index is -0.0330. The molecule has 6 heteroatoms. The number of allylic oxidation sites excluding steroid dienone is 2. The molecule has 0 saturated carbocycles. The summed E-state index contributed by atoms with van der Waals surface area (Å²) in [6.45, 7) is 14.2. The molecule has 32 heavy (non-hydrogen) atoms. The second-order valence-electron chi connectivity index (χ2n) is 8.27. The van der Waals surface area contributed by atoms with E-state index < -0.39 is 0 Å². The molecule has 0 radical (unpaired) electrons. The zero-order valence-corrected chi connectivity index (χ0v) is 21.1. The molecule has 0 bridgehead atoms. The Hall–Kier alpha value is -1.86. The molecule has 1 rings (SSSR count). The van der Waals surface area contributed by atoms with Crippen LogP contribution in [0.2, 0.25) is 0 Å². The summed E-state index contributed by atoms with van der Waals surface area (Å²) in [7, 11) is 3.34. The van der Waals surface area contributed by atoms with Crippen molar-refractivity contribution in [1.29, 1.82) is 0 Å². The second kappa shape index (κ2) is 15.9. The van der Waals surface area contributed by atoms with Crippen LogP contribution < -0.4 is 0 Å². The third kappa shape index (κ3) is 11.7. The molecule has 0 aliphatic rings. The summed E-state index contributed by atoms with van der Waals surface area (Å²) in [5, 5.41) is 0. The zero-order valence-electron chi connectivity index (χ0n) is 21.1. The van der Waals surface area contributed by atoms with E-state index in [4.69, 9.17) is 28.4 Å². The van der Waals surface area contributed by atoms with Crippen molar-refractivity contribution in [1.82, 2.24) is 0 Å². The van der Waals surface area contributed by atoms with Gasteiger partial charge in [0.15, 0.2) is 0 Å². The van der Waals surface area contributed by atoms with Gasteiger partial charge in [-0.05, 0) is 63.8 Å². The summed E-state index contributed by atoms with van der Waals surface area (Å²) in [6.07, 6.45) is 3.63. The maximum absolute atomic E-state index is 5.81. The predicted octanol–water partition coefficient (Wildman–Crippen LogP) is 5.32. The lowest BCUT2D eigenvalue weighted by Crippen LogP contribution is -2.21. The first kappa shape index (κ1) is 28.2. The van der Waals surface area contributed by atoms with Crippen molar-refractivity contribution >= 4 is 11.1 Å². The van der Waals surface area contributed by atoms with Gasteiger partial charge in [-0.1, -0.05) is 24.3 Å². The van der Waals surface area contributed by atoms with Crippen molar-refractivity contribution in [3.05, 3.63) is 47.9 Å². The third-order valence-electron chi connectivity index (χ3n) is 4.78. The van der Waals surface area contributed by atoms with E-state index in [-0.39, 0.29) is 24.4 Å². The van der Waals surface area contributed by atoms with E-state index in [9.17, 15) is 0 Å². The summed E-state index contributed by atoms with van der Waals surface area (Å²) in [4.78, 5) is 0. The third-order valence-corrected chi connectivity index (χ3v) is 4.78. The van der Waals surface area contributed by atoms with Crippen LogP contribution >= 0.6 is 0 Å². The maximum atomic E-state index is 5.81. The molecule has 1 aromatic carbocycles. The normalized spacial score (nSPS) is 16.4. The number of benzene rings is 1. The predicted molar refractivity (Wildman–Crippen MR) is 129 cm³/mol. The Morgan fingerprint density at radius 3 is 1.28 bits per heavy atom. The molecule has 0 fully saturated rings. The Kier molecular flexibility index (Phi) is 14.0. The number of methoxy groups -OCH3 is 2. The minimum absolute atomic E-state index is 0.0330. The van der Waals surface area contributed by atoms with Crippen molar-refractivity contribution in [2.24, 2.45) is 0 Å². The van der Waals surface area contributed by atoms with Gasteiger partial charge in [-0.2, -0.15) is 0 Å². The largest absolute Gasteiger partial charge is 0.496 e. The van der Waals surface area contributed by atoms with Crippen molar-refractivity contribution < 1.29 is 28.4 Å². The summed E-state index contributed by atoms with van der Waals surface area (Å²) >= 11 is 0. The minimum Gasteiger partial charge on any atom is -0.496 e. The van der Waals surface area contributed by atoms with E-state index in [1.54, 1.807) is 26.7 Å². The van der Waals surface area contributed by atoms with E-state index in [0.717, 1.165) is 22.3 Å². The molecular weight excluding hydrogens is 408 g/mol. The molecule has 0 heterocycles. The summed E-state index contributed by atoms with van der Waals surface area (Å²) in [6, 6.07) is 8.34. The van der Waals surface area contributed by atoms with Gasteiger partial charge < -0.3 is 28.4 Å². The fourth-order valence-corrected chi connectivity index (χ4v) is 2.81. The number of rotatable bonds is 16. The molecule has 0 saturated heterocycles. The molecule has 0 aromatic heterocycles. The van der Waals surface area contributed by atoms with Crippen LogP contribution in [0.3, 0.4) is 0 Å². The Bertz CT molecular complexity index is 623. The van der Waals surface area contributed by atoms with Crippen LogP contribution in [0.5, 0.6) is 0 Å². The van der Waals surface area contributed by atoms with Crippen LogP contribution in [0.4, 0.5) is 0 Å². The summed E-state index contributed by atoms with van der Waals surface area (Å²) in [5.74, 6) is 0. The lowest BCUT2D eigenvalue weighted by atomic mass is 10.0. The number of hydrogen-bond donors (Lipinski definition) is 0. The molecule has 6 nitrogen and oxygen atoms in total. The molecule has 0 aliphatic carbocycles. The monoisotopic (exact) mass is 450 g/mol. The van der Waals surface area contributed by atoms with E-state index in [0.29, 0.717) is 26.4 Å². The smallest absolute Gasteiger partial charge is 0.118 e. The Morgan fingerprint density at radius 1 is 0.625 bits per heavy atom. The fraction of sp³-hybridized carbons (Fsp3) is 0.615. The molecule has 0 spiro atoms. The lowest BCUT2D eigenvalue weighted by Gasteiger charge is -2.17. The van der Waals surface area contributed by atoms with Gasteiger partial charge in [0.2, 0.25) is 0 Å². The highest BCUT2D eigenvalue weighted by molar-refractivity contribution is 5.68. The van der Waals surface area contributed by atoms with Crippen LogP contribution in [-0.4, -0.2) is 65.1 Å². The Labute approximate surface area is 194 Å². The fourth-order valence-electron chi connectivity index (χ4n) is 2.81. The average Bonchev–Trinajstić information content (AvgIpc) is 2.78. The van der Waals surface area contributed by atoms with Crippen molar-refractivity contribution in [3.8, 4) is 0 Å². The van der Waals surface area contributed by atoms with E-state index in [1.165, 1.54) is 0 Å². The molecule has 0 N–H and O–H groups in total. The zero-order chi connectivity index (χ0) is 23.9. The first-order valence-corrected chi connectivity index (χ1v) is 11.2. The van der Waals surface area contributed by atoms with Gasteiger partial charge >= 0.3 is 0 Å². The van der Waals surface area contributed by atoms with E-state index in [1.807, 2.05) is 41.5 Å². The standard InChI is InChI=1S/C26H42O6/c1-19(13-29-23(5)17-31-21(3)15-27-7)25-9-11-26(12-10-25)20(2)14-30-24(6)18-32-22(4)16-28-8/h9-14,21-24H,15-18H2,1-8H3/b19-13-,20-14-. The Balaban J connectivity index is 2.52. The van der Waals surface area contributed by atoms with Gasteiger partial charge in [0.1, 0.15) is 12.2 Å². The SMILES string of the molecule is COCC(C)OCC(C)O/C=C(/C)c1ccc(/C(C)=C\OC(C)COC(C)COC)cc1. The highest BCUT2D eigenvalue weighted by Gasteiger charge is 2.08. The molecular formula is C26H42O6. The van der Waals surface area contributed by atoms with Crippen molar-refractivity contribution in [2.75, 3.05) is 40.6 Å². The maximum Gasteiger partial charge on any atom is 0.118 e. The number of hydrogen-bond acceptors (Lipinski definition) is 6. The van der Waals surface area contributed by atoms with Crippen LogP contribution in [0.15, 0.2) is 36.8 Å². The summed E-state index contributed by atoms with van der Waals surface area (Å²) in [5.41, 5.74) is 4.33. The van der Waals surface area contributed by atoms with Crippen LogP contribution in [0.25, 0.3) is 11.1 Å². The van der Waals surface area contributed by atoms with E-state index >= 15 is 0 Å².